The molecule has 23 heavy (non-hydrogen) atoms. The number of amides is 2. The fourth-order valence-corrected chi connectivity index (χ4v) is 3.96. The van der Waals surface area contributed by atoms with E-state index in [9.17, 15) is 4.79 Å². The molecule has 3 rings (SSSR count). The minimum absolute atomic E-state index is 0.0132. The summed E-state index contributed by atoms with van der Waals surface area (Å²) in [4.78, 5) is 17.9. The Balaban J connectivity index is 1.62. The number of likely N-dealkylation sites (N-methyl/N-ethyl adjacent to an activating group) is 1. The molecule has 0 spiro atoms. The molecule has 2 aromatic rings. The highest BCUT2D eigenvalue weighted by Crippen LogP contribution is 2.34. The fourth-order valence-electron chi connectivity index (χ4n) is 3.09. The molecule has 0 saturated carbocycles. The number of carbonyl (C=O) groups is 1. The molecule has 0 radical (unpaired) electrons. The Morgan fingerprint density at radius 2 is 2.35 bits per heavy atom. The van der Waals surface area contributed by atoms with E-state index in [0.717, 1.165) is 25.1 Å². The Labute approximate surface area is 140 Å². The second kappa shape index (κ2) is 7.19. The van der Waals surface area contributed by atoms with Gasteiger partial charge in [0.2, 0.25) is 0 Å². The number of carbonyl (C=O) groups excluding carboxylic acids is 1. The summed E-state index contributed by atoms with van der Waals surface area (Å²) in [6.45, 7) is 1.36. The number of nitrogens with zero attached hydrogens (tertiary/aromatic N) is 2. The minimum atomic E-state index is 0.0132. The van der Waals surface area contributed by atoms with Crippen molar-refractivity contribution in [2.24, 2.45) is 0 Å². The molecular weight excluding hydrogens is 310 g/mol. The summed E-state index contributed by atoms with van der Waals surface area (Å²) >= 11 is 1.72. The minimum Gasteiger partial charge on any atom is -0.468 e. The van der Waals surface area contributed by atoms with E-state index in [-0.39, 0.29) is 18.1 Å². The summed E-state index contributed by atoms with van der Waals surface area (Å²) in [6.07, 6.45) is 3.77. The topological polar surface area (TPSA) is 48.7 Å². The lowest BCUT2D eigenvalue weighted by Crippen LogP contribution is -2.42. The molecule has 1 aliphatic rings. The highest BCUT2D eigenvalue weighted by molar-refractivity contribution is 7.10. The molecule has 2 atom stereocenters. The molecule has 3 heterocycles. The molecule has 2 unspecified atom stereocenters. The van der Waals surface area contributed by atoms with Crippen molar-refractivity contribution in [3.63, 3.8) is 0 Å². The molecule has 6 heteroatoms. The van der Waals surface area contributed by atoms with Gasteiger partial charge in [-0.3, -0.25) is 4.90 Å². The average Bonchev–Trinajstić information content (AvgIpc) is 3.27. The normalized spacial score (nSPS) is 19.3. The fraction of sp³-hybridized carbons (Fsp3) is 0.471. The molecule has 5 nitrogen and oxygen atoms in total. The first-order valence-electron chi connectivity index (χ1n) is 7.94. The van der Waals surface area contributed by atoms with Crippen LogP contribution in [-0.4, -0.2) is 43.0 Å². The number of nitrogens with one attached hydrogen (secondary N) is 1. The Morgan fingerprint density at radius 1 is 1.48 bits per heavy atom. The maximum absolute atomic E-state index is 12.6. The van der Waals surface area contributed by atoms with Crippen molar-refractivity contribution in [3.8, 4) is 0 Å². The Morgan fingerprint density at radius 3 is 3.00 bits per heavy atom. The van der Waals surface area contributed by atoms with E-state index in [2.05, 4.69) is 21.7 Å². The number of urea groups is 1. The monoisotopic (exact) mass is 333 g/mol. The van der Waals surface area contributed by atoms with Crippen LogP contribution in [-0.2, 0) is 0 Å². The second-order valence-corrected chi connectivity index (χ2v) is 7.03. The molecule has 0 aliphatic carbocycles. The van der Waals surface area contributed by atoms with Crippen LogP contribution in [0, 0.1) is 0 Å². The molecular formula is C17H23N3O2S. The molecule has 2 aromatic heterocycles. The molecule has 0 bridgehead atoms. The summed E-state index contributed by atoms with van der Waals surface area (Å²) in [5.41, 5.74) is 0. The van der Waals surface area contributed by atoms with E-state index < -0.39 is 0 Å². The predicted molar refractivity (Wildman–Crippen MR) is 91.5 cm³/mol. The lowest BCUT2D eigenvalue weighted by molar-refractivity contribution is 0.185. The molecule has 0 aromatic carbocycles. The van der Waals surface area contributed by atoms with Crippen LogP contribution >= 0.6 is 11.3 Å². The second-order valence-electron chi connectivity index (χ2n) is 6.05. The first kappa shape index (κ1) is 16.1. The van der Waals surface area contributed by atoms with Crippen LogP contribution in [0.1, 0.15) is 35.6 Å². The third-order valence-electron chi connectivity index (χ3n) is 4.33. The summed E-state index contributed by atoms with van der Waals surface area (Å²) in [6, 6.07) is 8.26. The van der Waals surface area contributed by atoms with Crippen molar-refractivity contribution < 1.29 is 9.21 Å². The summed E-state index contributed by atoms with van der Waals surface area (Å²) in [5, 5.41) is 5.15. The molecule has 1 fully saturated rings. The number of thiophene rings is 1. The van der Waals surface area contributed by atoms with Crippen LogP contribution in [0.25, 0.3) is 0 Å². The van der Waals surface area contributed by atoms with Crippen molar-refractivity contribution in [3.05, 3.63) is 46.5 Å². The van der Waals surface area contributed by atoms with Gasteiger partial charge in [-0.25, -0.2) is 4.79 Å². The van der Waals surface area contributed by atoms with Crippen LogP contribution in [0.4, 0.5) is 4.79 Å². The highest BCUT2D eigenvalue weighted by Gasteiger charge is 2.31. The lowest BCUT2D eigenvalue weighted by Gasteiger charge is -2.27. The van der Waals surface area contributed by atoms with Crippen LogP contribution in [0.2, 0.25) is 0 Å². The van der Waals surface area contributed by atoms with Crippen molar-refractivity contribution in [2.75, 3.05) is 27.2 Å². The van der Waals surface area contributed by atoms with Crippen molar-refractivity contribution >= 4 is 17.4 Å². The zero-order valence-electron chi connectivity index (χ0n) is 13.6. The van der Waals surface area contributed by atoms with Crippen LogP contribution in [0.5, 0.6) is 0 Å². The predicted octanol–water partition coefficient (Wildman–Crippen LogP) is 3.49. The first-order valence-corrected chi connectivity index (χ1v) is 8.82. The number of hydrogen-bond acceptors (Lipinski definition) is 4. The van der Waals surface area contributed by atoms with Gasteiger partial charge in [0.25, 0.3) is 0 Å². The van der Waals surface area contributed by atoms with E-state index >= 15 is 0 Å². The number of furan rings is 1. The Hall–Kier alpha value is -1.79. The van der Waals surface area contributed by atoms with Crippen molar-refractivity contribution in [2.45, 2.75) is 24.9 Å². The van der Waals surface area contributed by atoms with Crippen molar-refractivity contribution in [1.29, 1.82) is 0 Å². The average molecular weight is 333 g/mol. The van der Waals surface area contributed by atoms with Crippen molar-refractivity contribution in [1.82, 2.24) is 15.1 Å². The highest BCUT2D eigenvalue weighted by atomic mass is 32.1. The number of rotatable bonds is 5. The maximum atomic E-state index is 12.6. The molecule has 1 saturated heterocycles. The summed E-state index contributed by atoms with van der Waals surface area (Å²) in [5.74, 6) is 0.867. The molecule has 2 amide bonds. The van der Waals surface area contributed by atoms with Gasteiger partial charge in [-0.15, -0.1) is 11.3 Å². The van der Waals surface area contributed by atoms with E-state index in [1.165, 1.54) is 4.88 Å². The molecule has 1 N–H and O–H groups in total. The third kappa shape index (κ3) is 3.59. The zero-order chi connectivity index (χ0) is 16.2. The molecule has 1 aliphatic heterocycles. The van der Waals surface area contributed by atoms with Gasteiger partial charge in [0, 0.05) is 18.0 Å². The third-order valence-corrected chi connectivity index (χ3v) is 5.30. The van der Waals surface area contributed by atoms with Gasteiger partial charge in [-0.05, 0) is 50.5 Å². The van der Waals surface area contributed by atoms with Gasteiger partial charge in [-0.2, -0.15) is 0 Å². The lowest BCUT2D eigenvalue weighted by atomic mass is 10.2. The largest absolute Gasteiger partial charge is 0.468 e. The van der Waals surface area contributed by atoms with Crippen LogP contribution in [0.15, 0.2) is 40.3 Å². The quantitative estimate of drug-likeness (QED) is 0.911. The zero-order valence-corrected chi connectivity index (χ0v) is 14.4. The van der Waals surface area contributed by atoms with E-state index in [1.54, 1.807) is 17.6 Å². The standard InChI is InChI=1S/C17H23N3O2S/c1-19(2)14(15-7-4-10-22-15)12-18-17(21)20-9-3-6-13(20)16-8-5-11-23-16/h4-5,7-8,10-11,13-14H,3,6,9,12H2,1-2H3,(H,18,21). The SMILES string of the molecule is CN(C)C(CNC(=O)N1CCCC1c1cccs1)c1ccco1. The Kier molecular flexibility index (Phi) is 5.03. The van der Waals surface area contributed by atoms with Gasteiger partial charge >= 0.3 is 6.03 Å². The van der Waals surface area contributed by atoms with Gasteiger partial charge < -0.3 is 14.6 Å². The van der Waals surface area contributed by atoms with Crippen LogP contribution < -0.4 is 5.32 Å². The van der Waals surface area contributed by atoms with Gasteiger partial charge in [-0.1, -0.05) is 6.07 Å². The summed E-state index contributed by atoms with van der Waals surface area (Å²) in [7, 11) is 3.98. The number of hydrogen-bond donors (Lipinski definition) is 1. The van der Waals surface area contributed by atoms with Gasteiger partial charge in [0.1, 0.15) is 5.76 Å². The van der Waals surface area contributed by atoms with E-state index in [0.29, 0.717) is 6.54 Å². The van der Waals surface area contributed by atoms with E-state index in [4.69, 9.17) is 4.42 Å². The van der Waals surface area contributed by atoms with Crippen LogP contribution in [0.3, 0.4) is 0 Å². The first-order chi connectivity index (χ1) is 11.2. The number of likely N-dealkylation sites (tertiary alicyclic amines) is 1. The smallest absolute Gasteiger partial charge is 0.318 e. The Bertz CT molecular complexity index is 610. The maximum Gasteiger partial charge on any atom is 0.318 e. The summed E-state index contributed by atoms with van der Waals surface area (Å²) < 4.78 is 5.49. The van der Waals surface area contributed by atoms with Gasteiger partial charge in [0.05, 0.1) is 18.3 Å². The van der Waals surface area contributed by atoms with E-state index in [1.807, 2.05) is 37.2 Å². The van der Waals surface area contributed by atoms with Gasteiger partial charge in [0.15, 0.2) is 0 Å². The molecule has 124 valence electrons.